The second-order valence-electron chi connectivity index (χ2n) is 39.0. The SMILES string of the molecule is CC(=O)Oc1ccccc1C(C)C.CC(C)C1CCn2c(C(=O)c3ccccc3)ccc21.CC(C)c1cc(-c2ccc(F)cc2F)ccc1O.CC(C)c1cc(-n2c(-c3ccccc3)cc3c2CCc2ccccc2-3)ccc1O.CC(C)c1ccccc1O.CC(C)c1ccccc1OC(=O)c1ccccc1O.Cc1ccc(Cl)c(Nc2ccccc2C(C)C)c1Cl.Cc1cccc(Nc2ccccc2C(C)C)c1C. The number of phenols is 4. The predicted octanol–water partition coefficient (Wildman–Crippen LogP) is 35.4. The first-order valence-electron chi connectivity index (χ1n) is 50.0. The van der Waals surface area contributed by atoms with E-state index < -0.39 is 17.6 Å². The number of anilines is 4. The summed E-state index contributed by atoms with van der Waals surface area (Å²) >= 11 is 12.6. The molecule has 2 aromatic heterocycles. The number of fused-ring (bicyclic) bond motifs is 4. The number of aryl methyl sites for hydroxylation is 3. The highest BCUT2D eigenvalue weighted by molar-refractivity contribution is 6.39. The van der Waals surface area contributed by atoms with Gasteiger partial charge in [-0.15, -0.1) is 0 Å². The summed E-state index contributed by atoms with van der Waals surface area (Å²) < 4.78 is 41.6. The Morgan fingerprint density at radius 2 is 0.897 bits per heavy atom. The average Bonchev–Trinajstić information content (AvgIpc) is 1.59. The van der Waals surface area contributed by atoms with E-state index in [1.165, 1.54) is 110 Å². The molecule has 1 unspecified atom stereocenters. The van der Waals surface area contributed by atoms with Gasteiger partial charge in [-0.25, -0.2) is 13.6 Å². The maximum atomic E-state index is 13.7. The first-order valence-corrected chi connectivity index (χ1v) is 50.7. The molecule has 2 aliphatic rings. The summed E-state index contributed by atoms with van der Waals surface area (Å²) in [6.07, 6.45) is 3.22. The largest absolute Gasteiger partial charge is 0.508 e. The van der Waals surface area contributed by atoms with E-state index in [2.05, 4.69) is 238 Å². The third-order valence-electron chi connectivity index (χ3n) is 25.8. The minimum absolute atomic E-state index is 0.0745. The van der Waals surface area contributed by atoms with Gasteiger partial charge in [-0.3, -0.25) is 9.59 Å². The summed E-state index contributed by atoms with van der Waals surface area (Å²) in [5.41, 5.74) is 28.3. The number of halogens is 4. The van der Waals surface area contributed by atoms with Gasteiger partial charge in [0.05, 0.1) is 27.1 Å². The number of phenolic OH excluding ortho intramolecular Hbond substituents is 4. The predicted molar refractivity (Wildman–Crippen MR) is 596 cm³/mol. The van der Waals surface area contributed by atoms with Gasteiger partial charge in [0.25, 0.3) is 0 Å². The van der Waals surface area contributed by atoms with Crippen molar-refractivity contribution in [3.63, 3.8) is 0 Å². The van der Waals surface area contributed by atoms with Crippen molar-refractivity contribution in [2.45, 2.75) is 212 Å². The molecule has 13 nitrogen and oxygen atoms in total. The molecule has 0 saturated heterocycles. The molecular weight excluding hydrogens is 1850 g/mol. The Morgan fingerprint density at radius 1 is 0.400 bits per heavy atom. The van der Waals surface area contributed by atoms with E-state index in [-0.39, 0.29) is 46.6 Å². The highest BCUT2D eigenvalue weighted by Gasteiger charge is 2.30. The van der Waals surface area contributed by atoms with Gasteiger partial charge >= 0.3 is 11.9 Å². The summed E-state index contributed by atoms with van der Waals surface area (Å²) in [5, 5.41) is 47.2. The molecule has 6 N–H and O–H groups in total. The molecule has 0 radical (unpaired) electrons. The molecule has 1 aliphatic carbocycles. The maximum absolute atomic E-state index is 13.7. The number of hydrogen-bond acceptors (Lipinski definition) is 11. The molecule has 145 heavy (non-hydrogen) atoms. The van der Waals surface area contributed by atoms with Crippen LogP contribution in [0.3, 0.4) is 0 Å². The lowest BCUT2D eigenvalue weighted by Gasteiger charge is -2.21. The highest BCUT2D eigenvalue weighted by atomic mass is 35.5. The van der Waals surface area contributed by atoms with Crippen LogP contribution in [0.15, 0.2) is 334 Å². The van der Waals surface area contributed by atoms with Gasteiger partial charge in [-0.05, 0) is 281 Å². The van der Waals surface area contributed by atoms with Crippen LogP contribution in [-0.4, -0.2) is 47.3 Å². The van der Waals surface area contributed by atoms with Gasteiger partial charge in [-0.1, -0.05) is 346 Å². The molecule has 0 fully saturated rings. The zero-order valence-electron chi connectivity index (χ0n) is 87.0. The molecule has 0 amide bonds. The average molecular weight is 1990 g/mol. The first-order chi connectivity index (χ1) is 69.3. The number of nitrogens with one attached hydrogen (secondary N) is 2. The Balaban J connectivity index is 0.000000160. The number of hydrogen-bond donors (Lipinski definition) is 6. The third kappa shape index (κ3) is 29.4. The lowest BCUT2D eigenvalue weighted by molar-refractivity contribution is -0.131. The molecule has 18 rings (SSSR count). The summed E-state index contributed by atoms with van der Waals surface area (Å²) in [6, 6.07) is 105. The van der Waals surface area contributed by atoms with Gasteiger partial charge < -0.3 is 49.7 Å². The number of carbonyl (C=O) groups is 3. The Labute approximate surface area is 866 Å². The van der Waals surface area contributed by atoms with E-state index in [1.807, 2.05) is 174 Å². The Bertz CT molecular complexity index is 7040. The van der Waals surface area contributed by atoms with Crippen molar-refractivity contribution >= 4 is 63.7 Å². The van der Waals surface area contributed by atoms with Crippen LogP contribution in [-0.2, 0) is 24.2 Å². The number of nitrogens with zero attached hydrogens (tertiary/aromatic N) is 2. The van der Waals surface area contributed by atoms with Crippen LogP contribution in [0, 0.1) is 38.3 Å². The summed E-state index contributed by atoms with van der Waals surface area (Å²) in [5.74, 6) is 3.83. The number of ketones is 1. The van der Waals surface area contributed by atoms with E-state index in [0.717, 1.165) is 93.6 Å². The van der Waals surface area contributed by atoms with Crippen LogP contribution in [0.2, 0.25) is 10.0 Å². The fraction of sp³-hybridized carbons (Fsp3) is 0.258. The Kier molecular flexibility index (Phi) is 40.3. The number of aromatic hydroxyl groups is 4. The highest BCUT2D eigenvalue weighted by Crippen LogP contribution is 2.45. The Morgan fingerprint density at radius 3 is 1.46 bits per heavy atom. The quantitative estimate of drug-likeness (QED) is 0.0242. The van der Waals surface area contributed by atoms with Crippen molar-refractivity contribution in [3.8, 4) is 73.7 Å². The van der Waals surface area contributed by atoms with Crippen LogP contribution in [0.4, 0.5) is 31.5 Å². The molecule has 0 saturated carbocycles. The summed E-state index contributed by atoms with van der Waals surface area (Å²) in [7, 11) is 0. The second-order valence-corrected chi connectivity index (χ2v) is 39.7. The van der Waals surface area contributed by atoms with Crippen molar-refractivity contribution in [2.24, 2.45) is 5.92 Å². The molecule has 752 valence electrons. The summed E-state index contributed by atoms with van der Waals surface area (Å²) in [6.45, 7) is 42.4. The molecule has 0 spiro atoms. The molecule has 17 heteroatoms. The van der Waals surface area contributed by atoms with Gasteiger partial charge in [0, 0.05) is 76.3 Å². The smallest absolute Gasteiger partial charge is 0.347 e. The third-order valence-corrected chi connectivity index (χ3v) is 26.6. The van der Waals surface area contributed by atoms with Gasteiger partial charge in [-0.2, -0.15) is 0 Å². The van der Waals surface area contributed by atoms with Crippen molar-refractivity contribution in [2.75, 3.05) is 10.6 Å². The molecule has 0 bridgehead atoms. The van der Waals surface area contributed by atoms with Crippen molar-refractivity contribution < 1.29 is 53.1 Å². The van der Waals surface area contributed by atoms with E-state index in [1.54, 1.807) is 36.4 Å². The number of ether oxygens (including phenoxy) is 2. The number of benzene rings is 14. The normalized spacial score (nSPS) is 12.0. The zero-order chi connectivity index (χ0) is 105. The molecule has 1 aliphatic heterocycles. The molecule has 1 atom stereocenters. The van der Waals surface area contributed by atoms with E-state index >= 15 is 0 Å². The minimum Gasteiger partial charge on any atom is -0.508 e. The van der Waals surface area contributed by atoms with Crippen LogP contribution in [0.25, 0.3) is 39.2 Å². The van der Waals surface area contributed by atoms with Crippen molar-refractivity contribution in [1.82, 2.24) is 9.13 Å². The number of esters is 2. The van der Waals surface area contributed by atoms with Gasteiger partial charge in [0.15, 0.2) is 0 Å². The first kappa shape index (κ1) is 111. The van der Waals surface area contributed by atoms with E-state index in [9.17, 15) is 43.6 Å². The van der Waals surface area contributed by atoms with Crippen molar-refractivity contribution in [3.05, 3.63) is 445 Å². The van der Waals surface area contributed by atoms with Crippen LogP contribution in [0.5, 0.6) is 34.5 Å². The van der Waals surface area contributed by atoms with Crippen molar-refractivity contribution in [1.29, 1.82) is 0 Å². The minimum atomic E-state index is -0.601. The molecule has 16 aromatic rings. The number of carbonyl (C=O) groups excluding carboxylic acids is 3. The molecular formula is C128H138Cl2F2N4O9. The number of rotatable bonds is 20. The van der Waals surface area contributed by atoms with Crippen LogP contribution in [0.1, 0.15) is 270 Å². The topological polar surface area (TPSA) is 185 Å². The molecule has 14 aromatic carbocycles. The summed E-state index contributed by atoms with van der Waals surface area (Å²) in [4.78, 5) is 35.3. The van der Waals surface area contributed by atoms with E-state index in [0.29, 0.717) is 79.7 Å². The second kappa shape index (κ2) is 52.7. The Hall–Kier alpha value is -14.5. The number of aromatic nitrogens is 2. The lowest BCUT2D eigenvalue weighted by Crippen LogP contribution is -2.10. The van der Waals surface area contributed by atoms with Gasteiger partial charge in [0.1, 0.15) is 51.7 Å². The lowest BCUT2D eigenvalue weighted by atomic mass is 9.89. The fourth-order valence-electron chi connectivity index (χ4n) is 17.7. The maximum Gasteiger partial charge on any atom is 0.347 e. The van der Waals surface area contributed by atoms with Gasteiger partial charge in [0.2, 0.25) is 5.78 Å². The van der Waals surface area contributed by atoms with E-state index in [4.69, 9.17) is 32.7 Å². The monoisotopic (exact) mass is 1980 g/mol. The fourth-order valence-corrected chi connectivity index (χ4v) is 18.2. The standard InChI is InChI=1S/C27H25NO.C17H19NO.C17H21N.C16H17Cl2N.C16H16O3.C15H14F2O.C11H14O2.C9H12O/c1-18(2)23-16-21(13-15-27(23)29)28-25-14-12-19-8-6-7-11-22(19)24(25)17-26(28)20-9-4-3-5-10-20;1-12(2)14-10-11-18-15(14)8-9-16(18)17(19)13-6-4-3-5-7-13;1-12(2)15-9-5-6-10-17(15)18-16-11-7-8-13(3)14(16)4;1-10(2)12-6-4-5-7-14(12)19-16-13(17)9-8-11(3)15(16)18;1-11(2)12-7-4-6-10-15(12)19-16(18)13-8-3-5-9-14(13)17;1-9(2)13-7-10(3-6-15(13)18)12-5-4-11(16)8-14(12)17;1-8(2)10-6-4-5-7-11(10)13-9(3)12;1-7(2)8-5-3-4-6-9(8)10/h3-11,13,15-18,29H,12,14H2,1-2H3;3-9,12,14H,10-11H2,1-2H3;5-12,18H,1-4H3;4-10,19H,1-3H3;3-11,17H,1-2H3;3-9,18H,1-2H3;4-8H,1-3H3;3-7,10H,1-2H3. The van der Waals surface area contributed by atoms with Crippen LogP contribution < -0.4 is 20.1 Å². The molecule has 3 heterocycles. The van der Waals surface area contributed by atoms with Crippen LogP contribution >= 0.6 is 23.2 Å². The number of para-hydroxylation sites is 6. The zero-order valence-corrected chi connectivity index (χ0v) is 88.5.